The molecule has 0 aliphatic heterocycles. The summed E-state index contributed by atoms with van der Waals surface area (Å²) in [5, 5.41) is 1.93. The lowest BCUT2D eigenvalue weighted by Gasteiger charge is -2.17. The lowest BCUT2D eigenvalue weighted by Crippen LogP contribution is -2.31. The van der Waals surface area contributed by atoms with E-state index in [0.29, 0.717) is 39.6 Å². The van der Waals surface area contributed by atoms with Gasteiger partial charge in [0.2, 0.25) is 0 Å². The Bertz CT molecular complexity index is 3930. The normalized spacial score (nSPS) is 14.4. The monoisotopic (exact) mass is 796 g/mol. The number of nitrogens with zero attached hydrogens (tertiary/aromatic N) is 4. The first-order valence-corrected chi connectivity index (χ1v) is 19.6. The Morgan fingerprint density at radius 2 is 1.30 bits per heavy atom. The Kier molecular flexibility index (Phi) is 6.38. The van der Waals surface area contributed by atoms with Crippen LogP contribution in [0.15, 0.2) is 212 Å². The van der Waals surface area contributed by atoms with Crippen molar-refractivity contribution in [1.82, 2.24) is 14.1 Å². The van der Waals surface area contributed by atoms with E-state index in [-0.39, 0.29) is 27.9 Å². The standard InChI is InChI=1S/C56H40N4O/c1-2-39-32-33-57-55(34-39)60-51-27-13-12-24-49(51)50-30-29-46(37-53(50)60)61-45-23-14-22-44(36-45)58-38-59(52-31-28-43(35-54(52)58)40-16-6-3-7-17-40)56-47(41-18-8-4-9-19-41)25-15-26-48(56)42-20-10-5-11-21-42/h3-37H,2H2,1H3/i2D2,4D,5D,8D,9D,10D,11D,18D,19D,20D,21D. The molecule has 5 heteroatoms. The van der Waals surface area contributed by atoms with E-state index in [4.69, 9.17) is 21.2 Å². The molecular formula is C56H40N4O. The van der Waals surface area contributed by atoms with Gasteiger partial charge in [-0.15, -0.1) is 0 Å². The van der Waals surface area contributed by atoms with Gasteiger partial charge in [0.05, 0.1) is 47.1 Å². The summed E-state index contributed by atoms with van der Waals surface area (Å²) in [7, 11) is 0. The molecule has 11 rings (SSSR count). The quantitative estimate of drug-likeness (QED) is 0.108. The van der Waals surface area contributed by atoms with Gasteiger partial charge in [0.25, 0.3) is 6.33 Å². The molecule has 61 heavy (non-hydrogen) atoms. The number of fused-ring (bicyclic) bond motifs is 4. The SMILES string of the molecule is [2H]c1c([2H])c([2H])c(-c2cccc(-c3c([2H])c([2H])c([2H])c([2H])c3[2H])c2-[n+]2[c-]n(-c3cccc(Oc4ccc5c6ccccc6n(-c6cc(C([2H])([2H])C)ccn6)c5c4)c3)c3cc(-c4ccccc4)ccc32)c([2H])c1[2H]. The predicted octanol–water partition coefficient (Wildman–Crippen LogP) is 13.6. The molecule has 0 aliphatic rings. The fourth-order valence-electron chi connectivity index (χ4n) is 8.01. The van der Waals surface area contributed by atoms with Crippen molar-refractivity contribution in [3.8, 4) is 62.1 Å². The van der Waals surface area contributed by atoms with Gasteiger partial charge in [-0.2, -0.15) is 0 Å². The highest BCUT2D eigenvalue weighted by molar-refractivity contribution is 6.09. The zero-order valence-corrected chi connectivity index (χ0v) is 32.6. The van der Waals surface area contributed by atoms with Crippen molar-refractivity contribution in [3.05, 3.63) is 224 Å². The average molecular weight is 797 g/mol. The molecule has 8 aromatic carbocycles. The van der Waals surface area contributed by atoms with Crippen molar-refractivity contribution in [1.29, 1.82) is 0 Å². The minimum atomic E-state index is -1.60. The van der Waals surface area contributed by atoms with Gasteiger partial charge >= 0.3 is 0 Å². The third-order valence-electron chi connectivity index (χ3n) is 10.8. The van der Waals surface area contributed by atoms with Crippen LogP contribution in [0.25, 0.3) is 83.4 Å². The summed E-state index contributed by atoms with van der Waals surface area (Å²) in [6.45, 7) is 1.51. The highest BCUT2D eigenvalue weighted by Gasteiger charge is 2.21. The van der Waals surface area contributed by atoms with Crippen LogP contribution in [0.5, 0.6) is 11.5 Å². The Morgan fingerprint density at radius 1 is 0.590 bits per heavy atom. The molecule has 5 nitrogen and oxygen atoms in total. The average Bonchev–Trinajstić information content (AvgIpc) is 3.94. The number of para-hydroxylation sites is 2. The molecular weight excluding hydrogens is 745 g/mol. The maximum absolute atomic E-state index is 9.10. The smallest absolute Gasteiger partial charge is 0.269 e. The Morgan fingerprint density at radius 3 is 2.07 bits per heavy atom. The third-order valence-corrected chi connectivity index (χ3v) is 10.8. The van der Waals surface area contributed by atoms with Crippen LogP contribution in [0, 0.1) is 6.33 Å². The number of pyridine rings is 1. The Labute approximate surface area is 371 Å². The van der Waals surface area contributed by atoms with Gasteiger partial charge < -0.3 is 4.74 Å². The molecule has 11 aromatic rings. The van der Waals surface area contributed by atoms with Crippen molar-refractivity contribution in [2.75, 3.05) is 0 Å². The van der Waals surface area contributed by atoms with E-state index in [1.54, 1.807) is 45.7 Å². The molecule has 0 unspecified atom stereocenters. The summed E-state index contributed by atoms with van der Waals surface area (Å²) in [4.78, 5) is 4.67. The van der Waals surface area contributed by atoms with Gasteiger partial charge in [0, 0.05) is 25.8 Å². The number of aromatic nitrogens is 4. The van der Waals surface area contributed by atoms with Gasteiger partial charge in [0.1, 0.15) is 17.3 Å². The minimum Gasteiger partial charge on any atom is -0.458 e. The number of hydrogen-bond donors (Lipinski definition) is 0. The molecule has 0 amide bonds. The third kappa shape index (κ3) is 6.53. The Balaban J connectivity index is 1.13. The summed E-state index contributed by atoms with van der Waals surface area (Å²) >= 11 is 0. The summed E-state index contributed by atoms with van der Waals surface area (Å²) < 4.78 is 117. The maximum atomic E-state index is 9.10. The minimum absolute atomic E-state index is 0.133. The first-order chi connectivity index (χ1) is 35.0. The van der Waals surface area contributed by atoms with Gasteiger partial charge in [0.15, 0.2) is 0 Å². The highest BCUT2D eigenvalue weighted by atomic mass is 16.5. The second kappa shape index (κ2) is 15.3. The van der Waals surface area contributed by atoms with Crippen molar-refractivity contribution >= 4 is 32.8 Å². The van der Waals surface area contributed by atoms with Crippen LogP contribution in [-0.4, -0.2) is 14.1 Å². The van der Waals surface area contributed by atoms with Gasteiger partial charge in [-0.1, -0.05) is 152 Å². The number of hydrogen-bond acceptors (Lipinski definition) is 2. The van der Waals surface area contributed by atoms with E-state index in [2.05, 4.69) is 11.3 Å². The second-order valence-corrected chi connectivity index (χ2v) is 14.3. The predicted molar refractivity (Wildman–Crippen MR) is 248 cm³/mol. The van der Waals surface area contributed by atoms with E-state index in [1.807, 2.05) is 120 Å². The van der Waals surface area contributed by atoms with Crippen molar-refractivity contribution in [2.45, 2.75) is 13.3 Å². The molecule has 0 saturated heterocycles. The summed E-state index contributed by atoms with van der Waals surface area (Å²) in [5.74, 6) is 1.52. The van der Waals surface area contributed by atoms with Crippen LogP contribution in [0.3, 0.4) is 0 Å². The molecule has 3 heterocycles. The highest BCUT2D eigenvalue weighted by Crippen LogP contribution is 2.37. The molecule has 3 aromatic heterocycles. The second-order valence-electron chi connectivity index (χ2n) is 14.3. The number of benzene rings is 8. The fourth-order valence-corrected chi connectivity index (χ4v) is 8.01. The zero-order valence-electron chi connectivity index (χ0n) is 44.6. The van der Waals surface area contributed by atoms with Crippen molar-refractivity contribution in [3.63, 3.8) is 0 Å². The van der Waals surface area contributed by atoms with Crippen LogP contribution in [0.2, 0.25) is 0 Å². The first kappa shape index (κ1) is 25.5. The molecule has 0 spiro atoms. The van der Waals surface area contributed by atoms with Crippen molar-refractivity contribution < 1.29 is 25.8 Å². The molecule has 0 radical (unpaired) electrons. The van der Waals surface area contributed by atoms with E-state index < -0.39 is 66.8 Å². The van der Waals surface area contributed by atoms with Crippen LogP contribution >= 0.6 is 0 Å². The number of aryl methyl sites for hydroxylation is 1. The Hall–Kier alpha value is -8.02. The van der Waals surface area contributed by atoms with Gasteiger partial charge in [-0.05, 0) is 99.9 Å². The van der Waals surface area contributed by atoms with Crippen LogP contribution in [0.4, 0.5) is 0 Å². The maximum Gasteiger partial charge on any atom is 0.269 e. The number of ether oxygens (including phenoxy) is 1. The lowest BCUT2D eigenvalue weighted by atomic mass is 9.95. The molecule has 0 saturated carbocycles. The van der Waals surface area contributed by atoms with Crippen LogP contribution in [0.1, 0.15) is 28.9 Å². The lowest BCUT2D eigenvalue weighted by molar-refractivity contribution is -0.571. The molecule has 0 fully saturated rings. The topological polar surface area (TPSA) is 35.9 Å². The van der Waals surface area contributed by atoms with Crippen molar-refractivity contribution in [2.24, 2.45) is 0 Å². The van der Waals surface area contributed by atoms with E-state index in [9.17, 15) is 0 Å². The zero-order chi connectivity index (χ0) is 51.2. The first-order valence-electron chi connectivity index (χ1n) is 25.6. The number of rotatable bonds is 9. The summed E-state index contributed by atoms with van der Waals surface area (Å²) in [6.07, 6.45) is 3.50. The van der Waals surface area contributed by atoms with E-state index in [0.717, 1.165) is 32.9 Å². The molecule has 0 atom stereocenters. The van der Waals surface area contributed by atoms with E-state index in [1.165, 1.54) is 6.92 Å². The number of imidazole rings is 1. The fraction of sp³-hybridized carbons (Fsp3) is 0.0357. The van der Waals surface area contributed by atoms with Crippen LogP contribution in [-0.2, 0) is 6.37 Å². The summed E-state index contributed by atoms with van der Waals surface area (Å²) in [5.41, 5.74) is 5.77. The van der Waals surface area contributed by atoms with Gasteiger partial charge in [-0.3, -0.25) is 13.7 Å². The molecule has 0 aliphatic carbocycles. The van der Waals surface area contributed by atoms with E-state index >= 15 is 0 Å². The molecule has 0 N–H and O–H groups in total. The molecule has 0 bridgehead atoms. The summed E-state index contributed by atoms with van der Waals surface area (Å²) in [6, 6.07) is 39.4. The van der Waals surface area contributed by atoms with Gasteiger partial charge in [-0.25, -0.2) is 4.98 Å². The largest absolute Gasteiger partial charge is 0.458 e. The molecule has 290 valence electrons. The van der Waals surface area contributed by atoms with Crippen LogP contribution < -0.4 is 9.30 Å².